The van der Waals surface area contributed by atoms with E-state index in [2.05, 4.69) is 5.32 Å². The number of hydrogen-bond donors (Lipinski definition) is 1. The summed E-state index contributed by atoms with van der Waals surface area (Å²) in [6.45, 7) is 1.91. The number of carbonyl (C=O) groups excluding carboxylic acids is 3. The molecule has 1 aromatic heterocycles. The van der Waals surface area contributed by atoms with Crippen LogP contribution in [0.25, 0.3) is 0 Å². The Balaban J connectivity index is 1.59. The zero-order chi connectivity index (χ0) is 22.0. The van der Waals surface area contributed by atoms with Crippen LogP contribution in [-0.4, -0.2) is 28.8 Å². The highest BCUT2D eigenvalue weighted by Gasteiger charge is 2.47. The summed E-state index contributed by atoms with van der Waals surface area (Å²) in [5, 5.41) is 2.64. The van der Waals surface area contributed by atoms with Gasteiger partial charge in [-0.15, -0.1) is 0 Å². The second-order valence-electron chi connectivity index (χ2n) is 7.28. The average molecular weight is 421 g/mol. The third-order valence-corrected chi connectivity index (χ3v) is 4.99. The van der Waals surface area contributed by atoms with Crippen molar-refractivity contribution in [1.82, 2.24) is 4.90 Å². The Labute approximate surface area is 178 Å². The minimum Gasteiger partial charge on any atom is -0.467 e. The van der Waals surface area contributed by atoms with Gasteiger partial charge in [-0.2, -0.15) is 0 Å². The SMILES string of the molecule is Cc1cccc(N2C(=O)[C@@H](CC(=O)Nc3ccc(F)cc3)N(Cc3ccco3)C2=O)c1. The van der Waals surface area contributed by atoms with Gasteiger partial charge in [0.2, 0.25) is 5.91 Å². The second-order valence-corrected chi connectivity index (χ2v) is 7.28. The van der Waals surface area contributed by atoms with Crippen molar-refractivity contribution in [2.24, 2.45) is 0 Å². The van der Waals surface area contributed by atoms with Gasteiger partial charge in [0.1, 0.15) is 17.6 Å². The minimum atomic E-state index is -1.00. The first-order chi connectivity index (χ1) is 14.9. The Kier molecular flexibility index (Phi) is 5.53. The molecule has 1 N–H and O–H groups in total. The van der Waals surface area contributed by atoms with Crippen molar-refractivity contribution in [1.29, 1.82) is 0 Å². The molecule has 2 aromatic carbocycles. The van der Waals surface area contributed by atoms with E-state index < -0.39 is 29.7 Å². The fraction of sp³-hybridized carbons (Fsp3) is 0.174. The molecule has 3 aromatic rings. The highest BCUT2D eigenvalue weighted by molar-refractivity contribution is 6.22. The number of nitrogens with zero attached hydrogens (tertiary/aromatic N) is 2. The zero-order valence-electron chi connectivity index (χ0n) is 16.7. The standard InChI is InChI=1S/C23H20FN3O4/c1-15-4-2-5-18(12-15)27-22(29)20(26(23(27)30)14-19-6-3-11-31-19)13-21(28)25-17-9-7-16(24)8-10-17/h2-12,20H,13-14H2,1H3,(H,25,28)/t20-/m1/s1. The van der Waals surface area contributed by atoms with Crippen LogP contribution >= 0.6 is 0 Å². The summed E-state index contributed by atoms with van der Waals surface area (Å²) in [5.41, 5.74) is 1.74. The summed E-state index contributed by atoms with van der Waals surface area (Å²) in [4.78, 5) is 41.4. The normalized spacial score (nSPS) is 16.1. The molecular weight excluding hydrogens is 401 g/mol. The highest BCUT2D eigenvalue weighted by atomic mass is 19.1. The van der Waals surface area contributed by atoms with Crippen molar-refractivity contribution in [2.45, 2.75) is 25.9 Å². The highest BCUT2D eigenvalue weighted by Crippen LogP contribution is 2.29. The number of urea groups is 1. The summed E-state index contributed by atoms with van der Waals surface area (Å²) < 4.78 is 18.4. The Hall–Kier alpha value is -3.94. The fourth-order valence-corrected chi connectivity index (χ4v) is 3.51. The van der Waals surface area contributed by atoms with Crippen molar-refractivity contribution in [3.63, 3.8) is 0 Å². The molecule has 0 aliphatic carbocycles. The lowest BCUT2D eigenvalue weighted by Gasteiger charge is -2.20. The Morgan fingerprint density at radius 3 is 2.55 bits per heavy atom. The van der Waals surface area contributed by atoms with E-state index >= 15 is 0 Å². The third-order valence-electron chi connectivity index (χ3n) is 4.99. The number of anilines is 2. The van der Waals surface area contributed by atoms with Crippen LogP contribution in [0.2, 0.25) is 0 Å². The van der Waals surface area contributed by atoms with Gasteiger partial charge < -0.3 is 14.6 Å². The molecule has 0 saturated carbocycles. The predicted octanol–water partition coefficient (Wildman–Crippen LogP) is 4.09. The molecule has 4 rings (SSSR count). The van der Waals surface area contributed by atoms with Crippen LogP contribution in [0.15, 0.2) is 71.3 Å². The first-order valence-electron chi connectivity index (χ1n) is 9.71. The molecule has 4 amide bonds. The number of furan rings is 1. The molecule has 1 fully saturated rings. The summed E-state index contributed by atoms with van der Waals surface area (Å²) >= 11 is 0. The van der Waals surface area contributed by atoms with E-state index in [-0.39, 0.29) is 13.0 Å². The average Bonchev–Trinajstić information content (AvgIpc) is 3.32. The van der Waals surface area contributed by atoms with Crippen molar-refractivity contribution in [3.05, 3.63) is 84.1 Å². The summed E-state index contributed by atoms with van der Waals surface area (Å²) in [7, 11) is 0. The number of imide groups is 1. The number of halogens is 1. The molecule has 1 atom stereocenters. The molecule has 31 heavy (non-hydrogen) atoms. The first kappa shape index (κ1) is 20.3. The molecule has 7 nitrogen and oxygen atoms in total. The van der Waals surface area contributed by atoms with Crippen LogP contribution in [0.5, 0.6) is 0 Å². The van der Waals surface area contributed by atoms with E-state index in [0.29, 0.717) is 17.1 Å². The Morgan fingerprint density at radius 2 is 1.87 bits per heavy atom. The lowest BCUT2D eigenvalue weighted by atomic mass is 10.1. The number of benzene rings is 2. The summed E-state index contributed by atoms with van der Waals surface area (Å²) in [6.07, 6.45) is 1.23. The lowest BCUT2D eigenvalue weighted by Crippen LogP contribution is -2.37. The first-order valence-corrected chi connectivity index (χ1v) is 9.71. The molecule has 1 saturated heterocycles. The van der Waals surface area contributed by atoms with Gasteiger partial charge in [0.05, 0.1) is 24.9 Å². The largest absolute Gasteiger partial charge is 0.467 e. The van der Waals surface area contributed by atoms with E-state index in [9.17, 15) is 18.8 Å². The van der Waals surface area contributed by atoms with Crippen molar-refractivity contribution in [3.8, 4) is 0 Å². The summed E-state index contributed by atoms with van der Waals surface area (Å²) in [6, 6.07) is 14.2. The number of aryl methyl sites for hydroxylation is 1. The topological polar surface area (TPSA) is 82.9 Å². The maximum atomic E-state index is 13.2. The van der Waals surface area contributed by atoms with E-state index in [1.54, 1.807) is 30.3 Å². The van der Waals surface area contributed by atoms with Crippen LogP contribution in [0.4, 0.5) is 20.6 Å². The predicted molar refractivity (Wildman–Crippen MR) is 112 cm³/mol. The molecule has 0 bridgehead atoms. The summed E-state index contributed by atoms with van der Waals surface area (Å²) in [5.74, 6) is -0.881. The smallest absolute Gasteiger partial charge is 0.332 e. The molecule has 0 spiro atoms. The minimum absolute atomic E-state index is 0.0500. The van der Waals surface area contributed by atoms with Crippen molar-refractivity contribution in [2.75, 3.05) is 10.2 Å². The van der Waals surface area contributed by atoms with E-state index in [1.165, 1.54) is 35.4 Å². The molecule has 1 aliphatic heterocycles. The number of carbonyl (C=O) groups is 3. The van der Waals surface area contributed by atoms with Gasteiger partial charge in [-0.05, 0) is 61.0 Å². The molecule has 158 valence electrons. The Bertz CT molecular complexity index is 1110. The maximum Gasteiger partial charge on any atom is 0.332 e. The monoisotopic (exact) mass is 421 g/mol. The van der Waals surface area contributed by atoms with Crippen LogP contribution in [-0.2, 0) is 16.1 Å². The molecule has 1 aliphatic rings. The van der Waals surface area contributed by atoms with Crippen molar-refractivity contribution >= 4 is 29.2 Å². The van der Waals surface area contributed by atoms with Gasteiger partial charge in [-0.1, -0.05) is 12.1 Å². The van der Waals surface area contributed by atoms with Crippen LogP contribution in [0.1, 0.15) is 17.7 Å². The van der Waals surface area contributed by atoms with E-state index in [4.69, 9.17) is 4.42 Å². The third kappa shape index (κ3) is 4.32. The number of nitrogens with one attached hydrogen (secondary N) is 1. The Morgan fingerprint density at radius 1 is 1.10 bits per heavy atom. The van der Waals surface area contributed by atoms with E-state index in [0.717, 1.165) is 10.5 Å². The lowest BCUT2D eigenvalue weighted by molar-refractivity contribution is -0.124. The molecular formula is C23H20FN3O4. The molecule has 8 heteroatoms. The van der Waals surface area contributed by atoms with Gasteiger partial charge in [-0.25, -0.2) is 14.1 Å². The van der Waals surface area contributed by atoms with Gasteiger partial charge in [0.25, 0.3) is 5.91 Å². The quantitative estimate of drug-likeness (QED) is 0.608. The number of hydrogen-bond acceptors (Lipinski definition) is 4. The number of amides is 4. The zero-order valence-corrected chi connectivity index (χ0v) is 16.7. The van der Waals surface area contributed by atoms with Gasteiger partial charge in [-0.3, -0.25) is 9.59 Å². The molecule has 2 heterocycles. The van der Waals surface area contributed by atoms with Crippen LogP contribution < -0.4 is 10.2 Å². The fourth-order valence-electron chi connectivity index (χ4n) is 3.51. The van der Waals surface area contributed by atoms with Gasteiger partial charge >= 0.3 is 6.03 Å². The number of rotatable bonds is 6. The van der Waals surface area contributed by atoms with E-state index in [1.807, 2.05) is 13.0 Å². The molecule has 0 radical (unpaired) electrons. The van der Waals surface area contributed by atoms with Gasteiger partial charge in [0, 0.05) is 5.69 Å². The van der Waals surface area contributed by atoms with Gasteiger partial charge in [0.15, 0.2) is 0 Å². The second kappa shape index (κ2) is 8.43. The molecule has 0 unspecified atom stereocenters. The van der Waals surface area contributed by atoms with Crippen LogP contribution in [0, 0.1) is 12.7 Å². The van der Waals surface area contributed by atoms with Crippen molar-refractivity contribution < 1.29 is 23.2 Å². The van der Waals surface area contributed by atoms with Crippen LogP contribution in [0.3, 0.4) is 0 Å². The maximum absolute atomic E-state index is 13.2.